The molecule has 0 atom stereocenters. The molecule has 0 N–H and O–H groups in total. The van der Waals surface area contributed by atoms with Gasteiger partial charge >= 0.3 is 5.37 Å². The average Bonchev–Trinajstić information content (AvgIpc) is 2.15. The Morgan fingerprint density at radius 3 is 2.54 bits per heavy atom. The third-order valence-corrected chi connectivity index (χ3v) is 3.63. The molecule has 13 heavy (non-hydrogen) atoms. The largest absolute Gasteiger partial charge is 0.326 e. The average molecular weight is 222 g/mol. The van der Waals surface area contributed by atoms with Gasteiger partial charge in [0, 0.05) is 11.8 Å². The van der Waals surface area contributed by atoms with Crippen LogP contribution in [0.5, 0.6) is 0 Å². The highest BCUT2D eigenvalue weighted by atomic mass is 35.5. The number of hydrogen-bond donors (Lipinski definition) is 0. The van der Waals surface area contributed by atoms with Crippen LogP contribution in [0.3, 0.4) is 0 Å². The lowest BCUT2D eigenvalue weighted by Gasteiger charge is -2.31. The van der Waals surface area contributed by atoms with Crippen LogP contribution in [0.15, 0.2) is 0 Å². The fraction of sp³-hybridized carbons (Fsp3) is 0.889. The fourth-order valence-electron chi connectivity index (χ4n) is 1.75. The highest BCUT2D eigenvalue weighted by Gasteiger charge is 2.24. The van der Waals surface area contributed by atoms with E-state index in [0.717, 1.165) is 18.6 Å². The van der Waals surface area contributed by atoms with Crippen LogP contribution in [0.2, 0.25) is 0 Å². The highest BCUT2D eigenvalue weighted by Crippen LogP contribution is 2.28. The van der Waals surface area contributed by atoms with Gasteiger partial charge in [-0.3, -0.25) is 9.10 Å². The van der Waals surface area contributed by atoms with E-state index in [1.807, 2.05) is 6.92 Å². The Labute approximate surface area is 89.1 Å². The van der Waals surface area contributed by atoms with Crippen LogP contribution >= 0.6 is 23.5 Å². The van der Waals surface area contributed by atoms with Gasteiger partial charge in [-0.15, -0.1) is 0 Å². The number of rotatable bonds is 3. The molecule has 1 amide bonds. The van der Waals surface area contributed by atoms with Crippen molar-refractivity contribution in [1.29, 1.82) is 0 Å². The Morgan fingerprint density at radius 1 is 1.46 bits per heavy atom. The minimum Gasteiger partial charge on any atom is -0.270 e. The Bertz CT molecular complexity index is 171. The van der Waals surface area contributed by atoms with Crippen LogP contribution in [0.1, 0.15) is 39.0 Å². The van der Waals surface area contributed by atoms with Crippen molar-refractivity contribution in [1.82, 2.24) is 4.31 Å². The summed E-state index contributed by atoms with van der Waals surface area (Å²) < 4.78 is 1.75. The van der Waals surface area contributed by atoms with Crippen LogP contribution in [0, 0.1) is 0 Å². The lowest BCUT2D eigenvalue weighted by molar-refractivity contribution is 0.227. The Hall–Kier alpha value is 0.110. The summed E-state index contributed by atoms with van der Waals surface area (Å²) in [5.74, 6) is 0.912. The molecule has 1 rings (SSSR count). The van der Waals surface area contributed by atoms with Gasteiger partial charge in [-0.1, -0.05) is 26.2 Å². The van der Waals surface area contributed by atoms with E-state index in [-0.39, 0.29) is 5.37 Å². The van der Waals surface area contributed by atoms with Gasteiger partial charge in [0.2, 0.25) is 0 Å². The summed E-state index contributed by atoms with van der Waals surface area (Å²) in [6, 6.07) is 0.378. The maximum atomic E-state index is 11.1. The standard InChI is InChI=1S/C9H16ClNOS/c1-2-13-11(9(10)12)8-6-4-3-5-7-8/h8H,2-7H2,1H3. The smallest absolute Gasteiger partial charge is 0.270 e. The molecule has 0 spiro atoms. The number of carbonyl (C=O) groups is 1. The molecule has 1 aliphatic carbocycles. The first-order valence-corrected chi connectivity index (χ1v) is 6.19. The number of carbonyl (C=O) groups excluding carboxylic acids is 1. The van der Waals surface area contributed by atoms with Crippen molar-refractivity contribution in [2.75, 3.05) is 5.75 Å². The molecule has 1 aliphatic rings. The molecular weight excluding hydrogens is 206 g/mol. The normalized spacial score (nSPS) is 18.6. The summed E-state index contributed by atoms with van der Waals surface area (Å²) in [4.78, 5) is 11.1. The Balaban J connectivity index is 2.46. The molecule has 2 nitrogen and oxygen atoms in total. The van der Waals surface area contributed by atoms with E-state index >= 15 is 0 Å². The number of amides is 1. The second-order valence-electron chi connectivity index (χ2n) is 3.29. The van der Waals surface area contributed by atoms with Crippen molar-refractivity contribution in [2.45, 2.75) is 45.1 Å². The maximum absolute atomic E-state index is 11.1. The van der Waals surface area contributed by atoms with Gasteiger partial charge in [-0.05, 0) is 36.4 Å². The minimum absolute atomic E-state index is 0.307. The third kappa shape index (κ3) is 3.39. The molecule has 1 fully saturated rings. The molecule has 76 valence electrons. The molecule has 0 radical (unpaired) electrons. The van der Waals surface area contributed by atoms with E-state index in [0.29, 0.717) is 6.04 Å². The maximum Gasteiger partial charge on any atom is 0.326 e. The van der Waals surface area contributed by atoms with E-state index in [4.69, 9.17) is 11.6 Å². The quantitative estimate of drug-likeness (QED) is 0.412. The SMILES string of the molecule is CCSN(C(=O)Cl)C1CCCCC1. The van der Waals surface area contributed by atoms with Gasteiger partial charge in [0.1, 0.15) is 0 Å². The molecule has 4 heteroatoms. The first kappa shape index (κ1) is 11.2. The van der Waals surface area contributed by atoms with Gasteiger partial charge in [0.05, 0.1) is 0 Å². The topological polar surface area (TPSA) is 20.3 Å². The summed E-state index contributed by atoms with van der Waals surface area (Å²) in [5.41, 5.74) is 0. The van der Waals surface area contributed by atoms with Gasteiger partial charge in [-0.2, -0.15) is 0 Å². The van der Waals surface area contributed by atoms with E-state index in [2.05, 4.69) is 0 Å². The zero-order chi connectivity index (χ0) is 9.68. The predicted molar refractivity (Wildman–Crippen MR) is 58.1 cm³/mol. The molecule has 0 aromatic heterocycles. The lowest BCUT2D eigenvalue weighted by atomic mass is 9.96. The second kappa shape index (κ2) is 5.76. The van der Waals surface area contributed by atoms with Crippen molar-refractivity contribution >= 4 is 28.9 Å². The van der Waals surface area contributed by atoms with E-state index in [9.17, 15) is 4.79 Å². The summed E-state index contributed by atoms with van der Waals surface area (Å²) in [5, 5.41) is -0.307. The molecule has 0 aromatic rings. The van der Waals surface area contributed by atoms with Crippen LogP contribution < -0.4 is 0 Å². The zero-order valence-electron chi connectivity index (χ0n) is 7.96. The van der Waals surface area contributed by atoms with Crippen molar-refractivity contribution in [2.24, 2.45) is 0 Å². The van der Waals surface area contributed by atoms with Crippen LogP contribution in [-0.4, -0.2) is 21.5 Å². The highest BCUT2D eigenvalue weighted by molar-refractivity contribution is 7.97. The monoisotopic (exact) mass is 221 g/mol. The first-order valence-electron chi connectivity index (χ1n) is 4.87. The molecule has 0 heterocycles. The van der Waals surface area contributed by atoms with Crippen LogP contribution in [-0.2, 0) is 0 Å². The molecule has 0 bridgehead atoms. The summed E-state index contributed by atoms with van der Waals surface area (Å²) in [6.07, 6.45) is 6.00. The number of halogens is 1. The fourth-order valence-corrected chi connectivity index (χ4v) is 2.84. The zero-order valence-corrected chi connectivity index (χ0v) is 9.53. The second-order valence-corrected chi connectivity index (χ2v) is 4.84. The molecule has 0 saturated heterocycles. The van der Waals surface area contributed by atoms with Crippen molar-refractivity contribution in [3.8, 4) is 0 Å². The predicted octanol–water partition coefficient (Wildman–Crippen LogP) is 3.65. The minimum atomic E-state index is -0.307. The summed E-state index contributed by atoms with van der Waals surface area (Å²) in [7, 11) is 0. The lowest BCUT2D eigenvalue weighted by Crippen LogP contribution is -2.33. The molecule has 0 unspecified atom stereocenters. The first-order chi connectivity index (χ1) is 6.25. The van der Waals surface area contributed by atoms with Gasteiger partial charge in [-0.25, -0.2) is 0 Å². The van der Waals surface area contributed by atoms with E-state index < -0.39 is 0 Å². The molecule has 0 aliphatic heterocycles. The van der Waals surface area contributed by atoms with Gasteiger partial charge < -0.3 is 0 Å². The van der Waals surface area contributed by atoms with Gasteiger partial charge in [0.15, 0.2) is 0 Å². The number of nitrogens with zero attached hydrogens (tertiary/aromatic N) is 1. The molecule has 0 aromatic carbocycles. The third-order valence-electron chi connectivity index (χ3n) is 2.35. The van der Waals surface area contributed by atoms with Crippen LogP contribution in [0.25, 0.3) is 0 Å². The molecule has 1 saturated carbocycles. The molecular formula is C9H16ClNOS. The van der Waals surface area contributed by atoms with Gasteiger partial charge in [0.25, 0.3) is 0 Å². The van der Waals surface area contributed by atoms with Crippen LogP contribution in [0.4, 0.5) is 4.79 Å². The van der Waals surface area contributed by atoms with E-state index in [1.165, 1.54) is 19.3 Å². The summed E-state index contributed by atoms with van der Waals surface area (Å²) >= 11 is 7.06. The Kier molecular flexibility index (Phi) is 4.96. The number of hydrogen-bond acceptors (Lipinski definition) is 2. The summed E-state index contributed by atoms with van der Waals surface area (Å²) in [6.45, 7) is 2.04. The van der Waals surface area contributed by atoms with E-state index in [1.54, 1.807) is 16.3 Å². The van der Waals surface area contributed by atoms with Crippen molar-refractivity contribution in [3.63, 3.8) is 0 Å². The van der Waals surface area contributed by atoms with Crippen molar-refractivity contribution < 1.29 is 4.79 Å². The Morgan fingerprint density at radius 2 is 2.08 bits per heavy atom. The van der Waals surface area contributed by atoms with Crippen molar-refractivity contribution in [3.05, 3.63) is 0 Å².